The van der Waals surface area contributed by atoms with E-state index in [1.165, 1.54) is 12.1 Å². The first-order valence-corrected chi connectivity index (χ1v) is 19.3. The maximum atomic E-state index is 14.9. The molecule has 0 bridgehead atoms. The van der Waals surface area contributed by atoms with E-state index in [-0.39, 0.29) is 40.3 Å². The number of halogens is 4. The molecule has 0 atom stereocenters. The Morgan fingerprint density at radius 3 is 2.43 bits per heavy atom. The molecule has 296 valence electrons. The van der Waals surface area contributed by atoms with Gasteiger partial charge in [0.15, 0.2) is 5.78 Å². The summed E-state index contributed by atoms with van der Waals surface area (Å²) in [5, 5.41) is -0.0919. The first kappa shape index (κ1) is 39.4. The summed E-state index contributed by atoms with van der Waals surface area (Å²) in [5.41, 5.74) is 2.29. The fourth-order valence-electron chi connectivity index (χ4n) is 8.07. The number of ketones is 1. The van der Waals surface area contributed by atoms with E-state index in [0.717, 1.165) is 60.3 Å². The number of piperazine rings is 1. The van der Waals surface area contributed by atoms with E-state index in [4.69, 9.17) is 9.15 Å². The Morgan fingerprint density at radius 1 is 0.911 bits per heavy atom. The van der Waals surface area contributed by atoms with Gasteiger partial charge in [0, 0.05) is 104 Å². The van der Waals surface area contributed by atoms with Crippen molar-refractivity contribution in [3.05, 3.63) is 110 Å². The second-order valence-electron chi connectivity index (χ2n) is 15.4. The minimum absolute atomic E-state index is 0.0302. The monoisotopic (exact) mass is 774 g/mol. The van der Waals surface area contributed by atoms with Crippen molar-refractivity contribution in [3.63, 3.8) is 0 Å². The molecule has 1 fully saturated rings. The number of anilines is 1. The standard InChI is InChI=1S/C43H46F4N4O5/c1-42(2)13-12-29-24-32-34(43(45,46)47)25-40(53)56-39(32)26-37(29)51(42)15-5-6-20-55-21-7-14-49-16-18-50(19-17-49)41(54)33-22-28(10-11-35(33)44)23-36-30-8-3-4-9-31(30)38(52)27-48-36/h3-4,8-11,22,24-26H,5-7,12-21,23,27H2,1-2H3. The van der Waals surface area contributed by atoms with Gasteiger partial charge in [-0.1, -0.05) is 30.3 Å². The first-order valence-electron chi connectivity index (χ1n) is 19.3. The maximum Gasteiger partial charge on any atom is 0.417 e. The summed E-state index contributed by atoms with van der Waals surface area (Å²) >= 11 is 0. The van der Waals surface area contributed by atoms with Crippen LogP contribution in [0.25, 0.3) is 11.0 Å². The molecule has 0 saturated carbocycles. The van der Waals surface area contributed by atoms with Crippen LogP contribution in [0.1, 0.15) is 82.5 Å². The molecule has 3 aliphatic heterocycles. The maximum absolute atomic E-state index is 14.9. The molecule has 1 saturated heterocycles. The highest BCUT2D eigenvalue weighted by molar-refractivity contribution is 6.15. The molecular weight excluding hydrogens is 728 g/mol. The van der Waals surface area contributed by atoms with Gasteiger partial charge in [-0.2, -0.15) is 13.2 Å². The predicted molar refractivity (Wildman–Crippen MR) is 207 cm³/mol. The Bertz CT molecular complexity index is 2210. The van der Waals surface area contributed by atoms with E-state index >= 15 is 0 Å². The number of carbonyl (C=O) groups excluding carboxylic acids is 2. The molecule has 0 unspecified atom stereocenters. The van der Waals surface area contributed by atoms with Crippen LogP contribution < -0.4 is 10.5 Å². The van der Waals surface area contributed by atoms with Crippen molar-refractivity contribution in [1.29, 1.82) is 0 Å². The number of aryl methyl sites for hydroxylation is 1. The normalized spacial score (nSPS) is 17.2. The van der Waals surface area contributed by atoms with Gasteiger partial charge in [-0.25, -0.2) is 9.18 Å². The average Bonchev–Trinajstić information content (AvgIpc) is 3.17. The summed E-state index contributed by atoms with van der Waals surface area (Å²) in [7, 11) is 0. The van der Waals surface area contributed by atoms with Crippen LogP contribution in [0.2, 0.25) is 0 Å². The fraction of sp³-hybridized carbons (Fsp3) is 0.442. The van der Waals surface area contributed by atoms with E-state index in [0.29, 0.717) is 70.4 Å². The SMILES string of the molecule is CC1(C)CCc2cc3c(C(F)(F)F)cc(=O)oc3cc2N1CCCCOCCCN1CCN(C(=O)c2cc(CC3=NCC(=O)c4ccccc43)ccc2F)CC1. The molecule has 3 aliphatic rings. The van der Waals surface area contributed by atoms with Crippen LogP contribution in [0.4, 0.5) is 23.2 Å². The highest BCUT2D eigenvalue weighted by Gasteiger charge is 2.37. The zero-order valence-electron chi connectivity index (χ0n) is 31.7. The lowest BCUT2D eigenvalue weighted by molar-refractivity contribution is -0.136. The highest BCUT2D eigenvalue weighted by Crippen LogP contribution is 2.42. The molecule has 13 heteroatoms. The second-order valence-corrected chi connectivity index (χ2v) is 15.4. The summed E-state index contributed by atoms with van der Waals surface area (Å²) in [5.74, 6) is -0.923. The van der Waals surface area contributed by atoms with E-state index in [1.807, 2.05) is 18.2 Å². The Kier molecular flexibility index (Phi) is 11.5. The van der Waals surface area contributed by atoms with Crippen LogP contribution in [0.3, 0.4) is 0 Å². The number of carbonyl (C=O) groups is 2. The first-order chi connectivity index (χ1) is 26.8. The number of amides is 1. The minimum Gasteiger partial charge on any atom is -0.423 e. The summed E-state index contributed by atoms with van der Waals surface area (Å²) in [6.45, 7) is 9.32. The van der Waals surface area contributed by atoms with Gasteiger partial charge >= 0.3 is 11.8 Å². The minimum atomic E-state index is -4.66. The molecule has 7 rings (SSSR count). The van der Waals surface area contributed by atoms with Gasteiger partial charge < -0.3 is 19.0 Å². The molecule has 0 radical (unpaired) electrons. The molecule has 0 aliphatic carbocycles. The van der Waals surface area contributed by atoms with Crippen LogP contribution in [-0.4, -0.2) is 91.8 Å². The Morgan fingerprint density at radius 2 is 1.66 bits per heavy atom. The molecule has 9 nitrogen and oxygen atoms in total. The number of hydrogen-bond donors (Lipinski definition) is 0. The second kappa shape index (κ2) is 16.3. The number of Topliss-reactive ketones (excluding diaryl/α,β-unsaturated/α-hetero) is 1. The van der Waals surface area contributed by atoms with Crippen LogP contribution in [0.5, 0.6) is 0 Å². The summed E-state index contributed by atoms with van der Waals surface area (Å²) in [6.07, 6.45) is -0.404. The van der Waals surface area contributed by atoms with Crippen molar-refractivity contribution in [3.8, 4) is 0 Å². The van der Waals surface area contributed by atoms with Crippen LogP contribution in [0, 0.1) is 5.82 Å². The van der Waals surface area contributed by atoms with Crippen molar-refractivity contribution in [1.82, 2.24) is 9.80 Å². The smallest absolute Gasteiger partial charge is 0.417 e. The number of nitrogens with zero attached hydrogens (tertiary/aromatic N) is 4. The van der Waals surface area contributed by atoms with Crippen molar-refractivity contribution in [2.24, 2.45) is 4.99 Å². The number of rotatable bonds is 12. The molecule has 56 heavy (non-hydrogen) atoms. The van der Waals surface area contributed by atoms with Crippen molar-refractivity contribution in [2.45, 2.75) is 64.1 Å². The largest absolute Gasteiger partial charge is 0.423 e. The van der Waals surface area contributed by atoms with E-state index < -0.39 is 23.2 Å². The van der Waals surface area contributed by atoms with Crippen molar-refractivity contribution < 1.29 is 36.3 Å². The topological polar surface area (TPSA) is 95.7 Å². The van der Waals surface area contributed by atoms with Crippen LogP contribution in [0.15, 0.2) is 74.9 Å². The van der Waals surface area contributed by atoms with Gasteiger partial charge in [0.2, 0.25) is 0 Å². The van der Waals surface area contributed by atoms with Crippen molar-refractivity contribution in [2.75, 3.05) is 63.9 Å². The summed E-state index contributed by atoms with van der Waals surface area (Å²) in [6, 6.07) is 15.6. The van der Waals surface area contributed by atoms with Gasteiger partial charge in [-0.3, -0.25) is 19.5 Å². The van der Waals surface area contributed by atoms with Crippen LogP contribution >= 0.6 is 0 Å². The number of benzene rings is 3. The van der Waals surface area contributed by atoms with Crippen molar-refractivity contribution >= 4 is 34.1 Å². The molecule has 3 aromatic carbocycles. The lowest BCUT2D eigenvalue weighted by Gasteiger charge is -2.45. The average molecular weight is 775 g/mol. The Hall–Kier alpha value is -4.88. The third-order valence-electron chi connectivity index (χ3n) is 11.2. The number of ether oxygens (including phenoxy) is 1. The lowest BCUT2D eigenvalue weighted by Crippen LogP contribution is -2.49. The Labute approximate surface area is 322 Å². The molecular formula is C43H46F4N4O5. The van der Waals surface area contributed by atoms with Gasteiger partial charge in [0.1, 0.15) is 17.9 Å². The Balaban J connectivity index is 0.838. The third kappa shape index (κ3) is 8.58. The van der Waals surface area contributed by atoms with E-state index in [9.17, 15) is 31.9 Å². The molecule has 4 heterocycles. The van der Waals surface area contributed by atoms with E-state index in [2.05, 4.69) is 28.6 Å². The van der Waals surface area contributed by atoms with Crippen LogP contribution in [-0.2, 0) is 23.8 Å². The lowest BCUT2D eigenvalue weighted by atomic mass is 9.85. The number of hydrogen-bond acceptors (Lipinski definition) is 8. The highest BCUT2D eigenvalue weighted by atomic mass is 19.4. The molecule has 1 aromatic heterocycles. The zero-order valence-corrected chi connectivity index (χ0v) is 31.7. The summed E-state index contributed by atoms with van der Waals surface area (Å²) in [4.78, 5) is 48.3. The molecule has 0 N–H and O–H groups in total. The fourth-order valence-corrected chi connectivity index (χ4v) is 8.07. The third-order valence-corrected chi connectivity index (χ3v) is 11.2. The predicted octanol–water partition coefficient (Wildman–Crippen LogP) is 7.36. The number of unbranched alkanes of at least 4 members (excludes halogenated alkanes) is 1. The molecule has 0 spiro atoms. The molecule has 1 amide bonds. The molecule has 4 aromatic rings. The van der Waals surface area contributed by atoms with Gasteiger partial charge in [0.05, 0.1) is 11.1 Å². The number of fused-ring (bicyclic) bond motifs is 3. The number of alkyl halides is 3. The van der Waals surface area contributed by atoms with Gasteiger partial charge in [-0.15, -0.1) is 0 Å². The zero-order chi connectivity index (χ0) is 39.6. The van der Waals surface area contributed by atoms with Gasteiger partial charge in [-0.05, 0) is 75.3 Å². The summed E-state index contributed by atoms with van der Waals surface area (Å²) < 4.78 is 67.2. The quantitative estimate of drug-likeness (QED) is 0.0844. The number of aliphatic imine (C=N–C) groups is 1. The van der Waals surface area contributed by atoms with E-state index in [1.54, 1.807) is 29.2 Å². The van der Waals surface area contributed by atoms with Gasteiger partial charge in [0.25, 0.3) is 5.91 Å².